The van der Waals surface area contributed by atoms with Crippen molar-refractivity contribution in [3.8, 4) is 5.75 Å². The molecule has 0 atom stereocenters. The molecule has 2 aromatic rings. The Morgan fingerprint density at radius 1 is 0.933 bits per heavy atom. The highest BCUT2D eigenvalue weighted by molar-refractivity contribution is 6.35. The van der Waals surface area contributed by atoms with Crippen LogP contribution in [0, 0.1) is 6.92 Å². The van der Waals surface area contributed by atoms with E-state index in [9.17, 15) is 9.59 Å². The van der Waals surface area contributed by atoms with Gasteiger partial charge in [-0.25, -0.2) is 0 Å². The Hall–Kier alpha value is -3.06. The van der Waals surface area contributed by atoms with E-state index in [0.717, 1.165) is 55.3 Å². The molecule has 2 amide bonds. The minimum Gasteiger partial charge on any atom is -0.495 e. The third-order valence-electron chi connectivity index (χ3n) is 5.29. The molecule has 0 radical (unpaired) electrons. The molecule has 160 valence electrons. The molecule has 0 unspecified atom stereocenters. The molecule has 2 N–H and O–H groups in total. The molecule has 30 heavy (non-hydrogen) atoms. The number of carbonyl (C=O) groups excluding carboxylic acids is 2. The Labute approximate surface area is 178 Å². The number of nitrogens with zero attached hydrogens (tertiary/aromatic N) is 2. The van der Waals surface area contributed by atoms with Gasteiger partial charge in [0, 0.05) is 45.8 Å². The average Bonchev–Trinajstić information content (AvgIpc) is 2.79. The number of rotatable bonds is 7. The molecule has 0 bridgehead atoms. The van der Waals surface area contributed by atoms with Crippen molar-refractivity contribution in [2.45, 2.75) is 13.5 Å². The number of anilines is 1. The Morgan fingerprint density at radius 3 is 2.30 bits per heavy atom. The monoisotopic (exact) mass is 410 g/mol. The molecule has 0 saturated carbocycles. The normalized spacial score (nSPS) is 14.3. The number of nitrogens with one attached hydrogen (secondary N) is 2. The molecule has 1 aliphatic heterocycles. The van der Waals surface area contributed by atoms with E-state index in [1.807, 2.05) is 49.4 Å². The smallest absolute Gasteiger partial charge is 0.309 e. The van der Waals surface area contributed by atoms with Gasteiger partial charge in [0.1, 0.15) is 5.75 Å². The van der Waals surface area contributed by atoms with Gasteiger partial charge < -0.3 is 20.3 Å². The summed E-state index contributed by atoms with van der Waals surface area (Å²) in [5, 5.41) is 5.37. The van der Waals surface area contributed by atoms with Crippen molar-refractivity contribution in [3.05, 3.63) is 59.7 Å². The lowest BCUT2D eigenvalue weighted by Crippen LogP contribution is -2.49. The number of piperazine rings is 1. The molecule has 1 aliphatic rings. The first-order valence-electron chi connectivity index (χ1n) is 10.3. The van der Waals surface area contributed by atoms with Crippen LogP contribution in [0.2, 0.25) is 0 Å². The van der Waals surface area contributed by atoms with Crippen molar-refractivity contribution < 1.29 is 14.3 Å². The topological polar surface area (TPSA) is 73.9 Å². The third kappa shape index (κ3) is 5.97. The summed E-state index contributed by atoms with van der Waals surface area (Å²) in [5.41, 5.74) is 3.24. The van der Waals surface area contributed by atoms with Crippen LogP contribution in [0.4, 0.5) is 5.69 Å². The minimum absolute atomic E-state index is 0.345. The first-order valence-corrected chi connectivity index (χ1v) is 10.3. The first kappa shape index (κ1) is 21.6. The molecular formula is C23H30N4O3. The van der Waals surface area contributed by atoms with Gasteiger partial charge >= 0.3 is 11.8 Å². The summed E-state index contributed by atoms with van der Waals surface area (Å²) < 4.78 is 5.45. The highest BCUT2D eigenvalue weighted by Crippen LogP contribution is 2.28. The van der Waals surface area contributed by atoms with E-state index < -0.39 is 11.8 Å². The highest BCUT2D eigenvalue weighted by atomic mass is 16.5. The fraction of sp³-hybridized carbons (Fsp3) is 0.391. The predicted molar refractivity (Wildman–Crippen MR) is 118 cm³/mol. The summed E-state index contributed by atoms with van der Waals surface area (Å²) in [6.07, 6.45) is 0. The van der Waals surface area contributed by atoms with Crippen molar-refractivity contribution in [1.82, 2.24) is 15.5 Å². The van der Waals surface area contributed by atoms with Gasteiger partial charge in [-0.3, -0.25) is 14.5 Å². The Kier molecular flexibility index (Phi) is 7.68. The minimum atomic E-state index is -0.600. The van der Waals surface area contributed by atoms with Crippen LogP contribution < -0.4 is 20.3 Å². The van der Waals surface area contributed by atoms with E-state index in [1.165, 1.54) is 0 Å². The molecule has 1 saturated heterocycles. The number of carbonyl (C=O) groups is 2. The zero-order valence-electron chi connectivity index (χ0n) is 17.7. The van der Waals surface area contributed by atoms with Crippen LogP contribution in [0.25, 0.3) is 0 Å². The standard InChI is InChI=1S/C23H30N4O3/c1-18-7-9-19(10-8-18)17-25-23(29)22(28)24-11-12-26-13-15-27(16-14-26)20-5-3-4-6-21(20)30-2/h3-10H,11-17H2,1-2H3,(H,24,28)(H,25,29). The second kappa shape index (κ2) is 10.6. The first-order chi connectivity index (χ1) is 14.6. The molecule has 7 nitrogen and oxygen atoms in total. The average molecular weight is 411 g/mol. The SMILES string of the molecule is COc1ccccc1N1CCN(CCNC(=O)C(=O)NCc2ccc(C)cc2)CC1. The molecule has 3 rings (SSSR count). The van der Waals surface area contributed by atoms with E-state index in [0.29, 0.717) is 13.1 Å². The molecule has 0 aliphatic carbocycles. The number of para-hydroxylation sites is 2. The quantitative estimate of drug-likeness (QED) is 0.678. The van der Waals surface area contributed by atoms with Crippen LogP contribution in [0.15, 0.2) is 48.5 Å². The Morgan fingerprint density at radius 2 is 1.60 bits per heavy atom. The predicted octanol–water partition coefficient (Wildman–Crippen LogP) is 1.56. The molecule has 0 aromatic heterocycles. The van der Waals surface area contributed by atoms with Crippen LogP contribution in [-0.4, -0.2) is 63.1 Å². The summed E-state index contributed by atoms with van der Waals surface area (Å²) in [5.74, 6) is -0.304. The van der Waals surface area contributed by atoms with Crippen molar-refractivity contribution in [2.75, 3.05) is 51.3 Å². The van der Waals surface area contributed by atoms with E-state index >= 15 is 0 Å². The summed E-state index contributed by atoms with van der Waals surface area (Å²) in [6, 6.07) is 15.9. The number of hydrogen-bond acceptors (Lipinski definition) is 5. The molecular weight excluding hydrogens is 380 g/mol. The van der Waals surface area contributed by atoms with E-state index in [2.05, 4.69) is 26.5 Å². The molecule has 2 aromatic carbocycles. The summed E-state index contributed by atoms with van der Waals surface area (Å²) in [7, 11) is 1.69. The summed E-state index contributed by atoms with van der Waals surface area (Å²) in [4.78, 5) is 28.6. The summed E-state index contributed by atoms with van der Waals surface area (Å²) in [6.45, 7) is 7.10. The Bertz CT molecular complexity index is 846. The lowest BCUT2D eigenvalue weighted by molar-refractivity contribution is -0.139. The summed E-state index contributed by atoms with van der Waals surface area (Å²) >= 11 is 0. The van der Waals surface area contributed by atoms with Crippen LogP contribution in [-0.2, 0) is 16.1 Å². The molecule has 1 fully saturated rings. The Balaban J connectivity index is 1.35. The third-order valence-corrected chi connectivity index (χ3v) is 5.29. The van der Waals surface area contributed by atoms with Gasteiger partial charge in [-0.2, -0.15) is 0 Å². The van der Waals surface area contributed by atoms with Crippen LogP contribution >= 0.6 is 0 Å². The molecule has 1 heterocycles. The zero-order chi connectivity index (χ0) is 21.3. The van der Waals surface area contributed by atoms with Crippen LogP contribution in [0.3, 0.4) is 0 Å². The van der Waals surface area contributed by atoms with Gasteiger partial charge in [0.15, 0.2) is 0 Å². The van der Waals surface area contributed by atoms with Gasteiger partial charge in [0.25, 0.3) is 0 Å². The number of ether oxygens (including phenoxy) is 1. The van der Waals surface area contributed by atoms with Gasteiger partial charge in [-0.15, -0.1) is 0 Å². The maximum absolute atomic E-state index is 12.0. The van der Waals surface area contributed by atoms with Crippen molar-refractivity contribution in [3.63, 3.8) is 0 Å². The maximum Gasteiger partial charge on any atom is 0.309 e. The number of hydrogen-bond donors (Lipinski definition) is 2. The number of aryl methyl sites for hydroxylation is 1. The number of methoxy groups -OCH3 is 1. The maximum atomic E-state index is 12.0. The number of benzene rings is 2. The number of amides is 2. The fourth-order valence-electron chi connectivity index (χ4n) is 3.48. The van der Waals surface area contributed by atoms with E-state index in [-0.39, 0.29) is 0 Å². The van der Waals surface area contributed by atoms with Crippen molar-refractivity contribution in [2.24, 2.45) is 0 Å². The van der Waals surface area contributed by atoms with E-state index in [1.54, 1.807) is 7.11 Å². The lowest BCUT2D eigenvalue weighted by Gasteiger charge is -2.36. The van der Waals surface area contributed by atoms with Gasteiger partial charge in [0.2, 0.25) is 0 Å². The fourth-order valence-corrected chi connectivity index (χ4v) is 3.48. The zero-order valence-corrected chi connectivity index (χ0v) is 17.7. The van der Waals surface area contributed by atoms with Crippen molar-refractivity contribution in [1.29, 1.82) is 0 Å². The second-order valence-corrected chi connectivity index (χ2v) is 7.42. The largest absolute Gasteiger partial charge is 0.495 e. The van der Waals surface area contributed by atoms with E-state index in [4.69, 9.17) is 4.74 Å². The lowest BCUT2D eigenvalue weighted by atomic mass is 10.1. The second-order valence-electron chi connectivity index (χ2n) is 7.42. The molecule has 0 spiro atoms. The van der Waals surface area contributed by atoms with Gasteiger partial charge in [0.05, 0.1) is 12.8 Å². The molecule has 7 heteroatoms. The van der Waals surface area contributed by atoms with Gasteiger partial charge in [-0.05, 0) is 24.6 Å². The van der Waals surface area contributed by atoms with Crippen molar-refractivity contribution >= 4 is 17.5 Å². The van der Waals surface area contributed by atoms with Crippen LogP contribution in [0.5, 0.6) is 5.75 Å². The van der Waals surface area contributed by atoms with Crippen LogP contribution in [0.1, 0.15) is 11.1 Å². The highest BCUT2D eigenvalue weighted by Gasteiger charge is 2.20. The van der Waals surface area contributed by atoms with Gasteiger partial charge in [-0.1, -0.05) is 42.0 Å².